The molecule has 1 aliphatic carbocycles. The third-order valence-electron chi connectivity index (χ3n) is 6.73. The Balaban J connectivity index is 1.40. The Kier molecular flexibility index (Phi) is 5.82. The number of ether oxygens (including phenoxy) is 1. The molecule has 0 radical (unpaired) electrons. The maximum atomic E-state index is 12.9. The number of aromatic amines is 1. The summed E-state index contributed by atoms with van der Waals surface area (Å²) in [5.41, 5.74) is 2.79. The summed E-state index contributed by atoms with van der Waals surface area (Å²) in [5, 5.41) is 13.5. The Hall–Kier alpha value is -2.58. The normalized spacial score (nSPS) is 19.7. The summed E-state index contributed by atoms with van der Waals surface area (Å²) < 4.78 is 7.65. The van der Waals surface area contributed by atoms with Crippen molar-refractivity contribution in [1.82, 2.24) is 30.1 Å². The Labute approximate surface area is 181 Å². The Bertz CT molecular complexity index is 1090. The van der Waals surface area contributed by atoms with Crippen LogP contribution in [-0.4, -0.2) is 48.8 Å². The fraction of sp³-hybridized carbons (Fsp3) is 0.565. The predicted octanol–water partition coefficient (Wildman–Crippen LogP) is 2.95. The van der Waals surface area contributed by atoms with Crippen molar-refractivity contribution in [3.8, 4) is 0 Å². The molecule has 2 aromatic heterocycles. The average Bonchev–Trinajstić information content (AvgIpc) is 3.53. The lowest BCUT2D eigenvalue weighted by molar-refractivity contribution is 0.0906. The van der Waals surface area contributed by atoms with Gasteiger partial charge in [0.1, 0.15) is 0 Å². The minimum atomic E-state index is -0.0104. The molecule has 1 saturated carbocycles. The number of H-pyrrole nitrogens is 1. The molecule has 1 aromatic carbocycles. The summed E-state index contributed by atoms with van der Waals surface area (Å²) in [6.45, 7) is 4.76. The van der Waals surface area contributed by atoms with Crippen LogP contribution in [0.2, 0.25) is 0 Å². The van der Waals surface area contributed by atoms with E-state index in [2.05, 4.69) is 31.5 Å². The second-order valence-electron chi connectivity index (χ2n) is 8.92. The number of aryl methyl sites for hydroxylation is 1. The molecule has 5 rings (SSSR count). The van der Waals surface area contributed by atoms with Crippen molar-refractivity contribution in [2.75, 3.05) is 6.61 Å². The molecule has 0 bridgehead atoms. The van der Waals surface area contributed by atoms with E-state index in [1.54, 1.807) is 0 Å². The summed E-state index contributed by atoms with van der Waals surface area (Å²) >= 11 is 0. The first kappa shape index (κ1) is 20.3. The number of benzene rings is 1. The first-order valence-electron chi connectivity index (χ1n) is 11.4. The number of aromatic nitrogens is 5. The van der Waals surface area contributed by atoms with Crippen molar-refractivity contribution in [2.45, 2.75) is 77.2 Å². The predicted molar refractivity (Wildman–Crippen MR) is 118 cm³/mol. The van der Waals surface area contributed by atoms with Gasteiger partial charge < -0.3 is 9.72 Å². The lowest BCUT2D eigenvalue weighted by Crippen LogP contribution is -2.35. The van der Waals surface area contributed by atoms with Crippen LogP contribution in [0.5, 0.6) is 0 Å². The third kappa shape index (κ3) is 4.41. The molecule has 3 aromatic rings. The zero-order valence-electron chi connectivity index (χ0n) is 18.1. The molecule has 1 unspecified atom stereocenters. The highest BCUT2D eigenvalue weighted by atomic mass is 16.5. The maximum absolute atomic E-state index is 12.9. The van der Waals surface area contributed by atoms with Gasteiger partial charge in [0, 0.05) is 24.8 Å². The second kappa shape index (κ2) is 8.88. The van der Waals surface area contributed by atoms with E-state index in [4.69, 9.17) is 4.74 Å². The Morgan fingerprint density at radius 2 is 2.06 bits per heavy atom. The molecule has 0 spiro atoms. The van der Waals surface area contributed by atoms with E-state index < -0.39 is 0 Å². The zero-order valence-corrected chi connectivity index (χ0v) is 18.1. The number of para-hydroxylation sites is 1. The fourth-order valence-corrected chi connectivity index (χ4v) is 4.99. The van der Waals surface area contributed by atoms with Crippen LogP contribution in [-0.2, 0) is 24.4 Å². The molecule has 8 nitrogen and oxygen atoms in total. The van der Waals surface area contributed by atoms with E-state index in [9.17, 15) is 4.79 Å². The minimum absolute atomic E-state index is 0.0104. The van der Waals surface area contributed by atoms with Crippen molar-refractivity contribution >= 4 is 10.9 Å². The fourth-order valence-electron chi connectivity index (χ4n) is 4.99. The number of nitrogens with one attached hydrogen (secondary N) is 1. The topological polar surface area (TPSA) is 88.9 Å². The molecule has 164 valence electrons. The van der Waals surface area contributed by atoms with Gasteiger partial charge in [0.25, 0.3) is 5.56 Å². The van der Waals surface area contributed by atoms with Crippen LogP contribution in [0, 0.1) is 6.92 Å². The van der Waals surface area contributed by atoms with Crippen LogP contribution in [0.25, 0.3) is 10.9 Å². The molecule has 1 aliphatic heterocycles. The van der Waals surface area contributed by atoms with E-state index in [-0.39, 0.29) is 11.7 Å². The first-order valence-corrected chi connectivity index (χ1v) is 11.4. The molecule has 31 heavy (non-hydrogen) atoms. The molecule has 2 aliphatic rings. The largest absolute Gasteiger partial charge is 0.376 e. The highest BCUT2D eigenvalue weighted by Crippen LogP contribution is 2.26. The monoisotopic (exact) mass is 422 g/mol. The Morgan fingerprint density at radius 1 is 1.19 bits per heavy atom. The van der Waals surface area contributed by atoms with Gasteiger partial charge in [0.05, 0.1) is 24.7 Å². The summed E-state index contributed by atoms with van der Waals surface area (Å²) in [6, 6.07) is 8.60. The highest BCUT2D eigenvalue weighted by molar-refractivity contribution is 5.81. The van der Waals surface area contributed by atoms with Gasteiger partial charge in [-0.3, -0.25) is 9.69 Å². The van der Waals surface area contributed by atoms with Gasteiger partial charge in [-0.2, -0.15) is 0 Å². The SMILES string of the molecule is Cc1cccc2cc(CN(Cc3nnnn3CC3CCCO3)C3CCCC3)c(=O)[nH]c12. The van der Waals surface area contributed by atoms with E-state index in [1.807, 2.05) is 29.8 Å². The quantitative estimate of drug-likeness (QED) is 0.630. The number of rotatable bonds is 7. The third-order valence-corrected chi connectivity index (χ3v) is 6.73. The lowest BCUT2D eigenvalue weighted by Gasteiger charge is -2.28. The summed E-state index contributed by atoms with van der Waals surface area (Å²) in [6.07, 6.45) is 7.10. The van der Waals surface area contributed by atoms with Crippen molar-refractivity contribution in [2.24, 2.45) is 0 Å². The molecule has 2 fully saturated rings. The standard InChI is InChI=1S/C23H30N6O2/c1-16-6-4-7-17-12-18(23(30)24-22(16)17)13-28(19-8-2-3-9-19)15-21-25-26-27-29(21)14-20-10-5-11-31-20/h4,6-7,12,19-20H,2-3,5,8-11,13-15H2,1H3,(H,24,30). The molecule has 1 N–H and O–H groups in total. The van der Waals surface area contributed by atoms with Crippen molar-refractivity contribution in [1.29, 1.82) is 0 Å². The number of hydrogen-bond acceptors (Lipinski definition) is 6. The molecule has 3 heterocycles. The maximum Gasteiger partial charge on any atom is 0.252 e. The van der Waals surface area contributed by atoms with Gasteiger partial charge in [-0.1, -0.05) is 31.0 Å². The van der Waals surface area contributed by atoms with Gasteiger partial charge in [0.15, 0.2) is 5.82 Å². The van der Waals surface area contributed by atoms with Crippen LogP contribution in [0.4, 0.5) is 0 Å². The summed E-state index contributed by atoms with van der Waals surface area (Å²) in [7, 11) is 0. The van der Waals surface area contributed by atoms with Crippen LogP contribution in [0.3, 0.4) is 0 Å². The first-order chi connectivity index (χ1) is 15.2. The van der Waals surface area contributed by atoms with Crippen LogP contribution in [0.1, 0.15) is 55.5 Å². The van der Waals surface area contributed by atoms with Crippen LogP contribution in [0.15, 0.2) is 29.1 Å². The molecule has 8 heteroatoms. The number of nitrogens with zero attached hydrogens (tertiary/aromatic N) is 5. The van der Waals surface area contributed by atoms with E-state index >= 15 is 0 Å². The number of fused-ring (bicyclic) bond motifs is 1. The smallest absolute Gasteiger partial charge is 0.252 e. The van der Waals surface area contributed by atoms with Gasteiger partial charge in [-0.05, 0) is 60.0 Å². The highest BCUT2D eigenvalue weighted by Gasteiger charge is 2.26. The number of pyridine rings is 1. The van der Waals surface area contributed by atoms with Crippen molar-refractivity contribution in [3.05, 3.63) is 51.6 Å². The molecule has 0 amide bonds. The lowest BCUT2D eigenvalue weighted by atomic mass is 10.1. The van der Waals surface area contributed by atoms with Gasteiger partial charge in [0.2, 0.25) is 0 Å². The van der Waals surface area contributed by atoms with Crippen molar-refractivity contribution < 1.29 is 4.74 Å². The van der Waals surface area contributed by atoms with E-state index in [0.717, 1.165) is 60.1 Å². The van der Waals surface area contributed by atoms with Gasteiger partial charge in [-0.25, -0.2) is 4.68 Å². The summed E-state index contributed by atoms with van der Waals surface area (Å²) in [5.74, 6) is 0.843. The van der Waals surface area contributed by atoms with Crippen molar-refractivity contribution in [3.63, 3.8) is 0 Å². The van der Waals surface area contributed by atoms with Gasteiger partial charge >= 0.3 is 0 Å². The molecule has 1 saturated heterocycles. The van der Waals surface area contributed by atoms with E-state index in [0.29, 0.717) is 25.7 Å². The second-order valence-corrected chi connectivity index (χ2v) is 8.92. The molecule has 1 atom stereocenters. The average molecular weight is 423 g/mol. The number of tetrazole rings is 1. The van der Waals surface area contributed by atoms with Crippen LogP contribution >= 0.6 is 0 Å². The van der Waals surface area contributed by atoms with E-state index in [1.165, 1.54) is 12.8 Å². The van der Waals surface area contributed by atoms with Crippen LogP contribution < -0.4 is 5.56 Å². The minimum Gasteiger partial charge on any atom is -0.376 e. The zero-order chi connectivity index (χ0) is 21.2. The summed E-state index contributed by atoms with van der Waals surface area (Å²) in [4.78, 5) is 18.4. The molecular formula is C23H30N6O2. The van der Waals surface area contributed by atoms with Gasteiger partial charge in [-0.15, -0.1) is 5.10 Å². The molecular weight excluding hydrogens is 392 g/mol. The number of hydrogen-bond donors (Lipinski definition) is 1. The Morgan fingerprint density at radius 3 is 2.87 bits per heavy atom.